The van der Waals surface area contributed by atoms with Crippen LogP contribution in [-0.4, -0.2) is 10.6 Å². The van der Waals surface area contributed by atoms with E-state index in [1.807, 2.05) is 0 Å². The molecule has 1 rings (SSSR count). The van der Waals surface area contributed by atoms with Crippen LogP contribution in [-0.2, 0) is 4.79 Å². The Kier molecular flexibility index (Phi) is 1.49. The summed E-state index contributed by atoms with van der Waals surface area (Å²) in [6.45, 7) is 0. The Hall–Kier alpha value is -0.150. The van der Waals surface area contributed by atoms with Gasteiger partial charge in [-0.3, -0.25) is 4.79 Å². The third-order valence-corrected chi connectivity index (χ3v) is 2.03. The highest BCUT2D eigenvalue weighted by molar-refractivity contribution is 8.05. The first kappa shape index (κ1) is 5.98. The normalized spacial score (nSPS) is 34.6. The lowest BCUT2D eigenvalue weighted by Crippen LogP contribution is -2.29. The van der Waals surface area contributed by atoms with Crippen LogP contribution in [0.15, 0.2) is 11.6 Å². The van der Waals surface area contributed by atoms with E-state index in [0.29, 0.717) is 6.29 Å². The van der Waals surface area contributed by atoms with Crippen LogP contribution in [0.2, 0.25) is 0 Å². The van der Waals surface area contributed by atoms with Gasteiger partial charge in [0.2, 0.25) is 4.33 Å². The maximum Gasteiger partial charge on any atom is 0.219 e. The number of hydrogen-bond acceptors (Lipinski definition) is 3. The molecule has 4 heteroatoms. The summed E-state index contributed by atoms with van der Waals surface area (Å²) in [5.74, 6) is 0. The van der Waals surface area contributed by atoms with Crippen LogP contribution < -0.4 is 5.32 Å². The summed E-state index contributed by atoms with van der Waals surface area (Å²) in [7, 11) is 0. The highest BCUT2D eigenvalue weighted by Crippen LogP contribution is 2.29. The van der Waals surface area contributed by atoms with Crippen LogP contribution >= 0.6 is 23.4 Å². The minimum absolute atomic E-state index is 0.666. The molecule has 2 nitrogen and oxygen atoms in total. The zero-order chi connectivity index (χ0) is 6.04. The predicted molar refractivity (Wildman–Crippen MR) is 34.5 cm³/mol. The molecule has 1 aliphatic rings. The summed E-state index contributed by atoms with van der Waals surface area (Å²) >= 11 is 6.83. The van der Waals surface area contributed by atoms with E-state index in [2.05, 4.69) is 5.32 Å². The monoisotopic (exact) mass is 149 g/mol. The SMILES string of the molecule is O=CC1(Cl)NC=CS1. The van der Waals surface area contributed by atoms with Gasteiger partial charge in [-0.1, -0.05) is 23.4 Å². The molecule has 0 bridgehead atoms. The molecule has 0 radical (unpaired) electrons. The van der Waals surface area contributed by atoms with Crippen molar-refractivity contribution >= 4 is 29.6 Å². The lowest BCUT2D eigenvalue weighted by atomic mass is 10.7. The molecule has 44 valence electrons. The van der Waals surface area contributed by atoms with Gasteiger partial charge in [0.05, 0.1) is 0 Å². The molecule has 0 spiro atoms. The Morgan fingerprint density at radius 3 is 2.88 bits per heavy atom. The second-order valence-electron chi connectivity index (χ2n) is 1.33. The maximum atomic E-state index is 10.1. The second kappa shape index (κ2) is 1.99. The van der Waals surface area contributed by atoms with Crippen LogP contribution in [0.3, 0.4) is 0 Å². The fraction of sp³-hybridized carbons (Fsp3) is 0.250. The molecule has 1 heterocycles. The second-order valence-corrected chi connectivity index (χ2v) is 3.30. The Labute approximate surface area is 56.3 Å². The first-order valence-corrected chi connectivity index (χ1v) is 3.28. The van der Waals surface area contributed by atoms with E-state index in [-0.39, 0.29) is 0 Å². The highest BCUT2D eigenvalue weighted by atomic mass is 35.5. The van der Waals surface area contributed by atoms with E-state index in [0.717, 1.165) is 0 Å². The van der Waals surface area contributed by atoms with Crippen LogP contribution in [0.25, 0.3) is 0 Å². The molecule has 0 aromatic carbocycles. The first-order valence-electron chi connectivity index (χ1n) is 2.03. The molecule has 1 aliphatic heterocycles. The van der Waals surface area contributed by atoms with Crippen molar-refractivity contribution in [3.05, 3.63) is 11.6 Å². The molecule has 8 heavy (non-hydrogen) atoms. The number of aldehydes is 1. The van der Waals surface area contributed by atoms with Crippen molar-refractivity contribution in [2.24, 2.45) is 0 Å². The number of carbonyl (C=O) groups is 1. The summed E-state index contributed by atoms with van der Waals surface area (Å²) < 4.78 is -0.917. The lowest BCUT2D eigenvalue weighted by molar-refractivity contribution is -0.108. The third kappa shape index (κ3) is 0.980. The van der Waals surface area contributed by atoms with E-state index in [1.165, 1.54) is 11.8 Å². The number of rotatable bonds is 1. The lowest BCUT2D eigenvalue weighted by Gasteiger charge is -2.10. The van der Waals surface area contributed by atoms with Gasteiger partial charge in [-0.15, -0.1) is 0 Å². The van der Waals surface area contributed by atoms with Gasteiger partial charge in [0.15, 0.2) is 6.29 Å². The molecule has 0 aliphatic carbocycles. The summed E-state index contributed by atoms with van der Waals surface area (Å²) in [6.07, 6.45) is 2.31. The number of carbonyl (C=O) groups excluding carboxylic acids is 1. The fourth-order valence-electron chi connectivity index (χ4n) is 0.377. The van der Waals surface area contributed by atoms with Gasteiger partial charge in [-0.25, -0.2) is 0 Å². The molecular weight excluding hydrogens is 146 g/mol. The standard InChI is InChI=1S/C4H4ClNOS/c5-4(3-7)6-1-2-8-4/h1-3,6H. The average Bonchev–Trinajstić information content (AvgIpc) is 2.17. The van der Waals surface area contributed by atoms with Gasteiger partial charge < -0.3 is 5.32 Å². The van der Waals surface area contributed by atoms with Crippen LogP contribution in [0.1, 0.15) is 0 Å². The minimum atomic E-state index is -0.917. The van der Waals surface area contributed by atoms with Gasteiger partial charge >= 0.3 is 0 Å². The van der Waals surface area contributed by atoms with Crippen molar-refractivity contribution in [2.45, 2.75) is 4.33 Å². The summed E-state index contributed by atoms with van der Waals surface area (Å²) in [6, 6.07) is 0. The smallest absolute Gasteiger partial charge is 0.219 e. The summed E-state index contributed by atoms with van der Waals surface area (Å²) in [5.41, 5.74) is 0. The fourth-order valence-corrected chi connectivity index (χ4v) is 1.12. The topological polar surface area (TPSA) is 29.1 Å². The zero-order valence-electron chi connectivity index (χ0n) is 3.93. The molecule has 0 aromatic heterocycles. The zero-order valence-corrected chi connectivity index (χ0v) is 5.50. The number of thioether (sulfide) groups is 1. The van der Waals surface area contributed by atoms with Crippen LogP contribution in [0.5, 0.6) is 0 Å². The molecule has 0 fully saturated rings. The van der Waals surface area contributed by atoms with Crippen molar-refractivity contribution < 1.29 is 4.79 Å². The van der Waals surface area contributed by atoms with Gasteiger partial charge in [0.25, 0.3) is 0 Å². The number of halogens is 1. The van der Waals surface area contributed by atoms with Crippen molar-refractivity contribution in [3.8, 4) is 0 Å². The van der Waals surface area contributed by atoms with Crippen molar-refractivity contribution in [2.75, 3.05) is 0 Å². The molecule has 1 unspecified atom stereocenters. The van der Waals surface area contributed by atoms with Gasteiger partial charge in [-0.2, -0.15) is 0 Å². The van der Waals surface area contributed by atoms with E-state index < -0.39 is 4.33 Å². The third-order valence-electron chi connectivity index (χ3n) is 0.739. The molecule has 0 saturated heterocycles. The Balaban J connectivity index is 2.58. The molecular formula is C4H4ClNOS. The largest absolute Gasteiger partial charge is 0.358 e. The van der Waals surface area contributed by atoms with Crippen molar-refractivity contribution in [3.63, 3.8) is 0 Å². The van der Waals surface area contributed by atoms with E-state index in [9.17, 15) is 4.79 Å². The van der Waals surface area contributed by atoms with Crippen LogP contribution in [0.4, 0.5) is 0 Å². The number of alkyl halides is 1. The Morgan fingerprint density at radius 1 is 1.88 bits per heavy atom. The Bertz CT molecular complexity index is 128. The van der Waals surface area contributed by atoms with Gasteiger partial charge in [-0.05, 0) is 5.41 Å². The highest BCUT2D eigenvalue weighted by Gasteiger charge is 2.27. The summed E-state index contributed by atoms with van der Waals surface area (Å²) in [4.78, 5) is 10.1. The predicted octanol–water partition coefficient (Wildman–Crippen LogP) is 0.885. The maximum absolute atomic E-state index is 10.1. The quantitative estimate of drug-likeness (QED) is 0.341. The molecule has 0 saturated carbocycles. The first-order chi connectivity index (χ1) is 3.77. The number of nitrogens with one attached hydrogen (secondary N) is 1. The summed E-state index contributed by atoms with van der Waals surface area (Å²) in [5, 5.41) is 4.40. The van der Waals surface area contributed by atoms with Crippen molar-refractivity contribution in [1.82, 2.24) is 5.32 Å². The van der Waals surface area contributed by atoms with Gasteiger partial charge in [0, 0.05) is 6.20 Å². The van der Waals surface area contributed by atoms with E-state index in [4.69, 9.17) is 11.6 Å². The Morgan fingerprint density at radius 2 is 2.62 bits per heavy atom. The van der Waals surface area contributed by atoms with E-state index in [1.54, 1.807) is 11.6 Å². The van der Waals surface area contributed by atoms with Crippen molar-refractivity contribution in [1.29, 1.82) is 0 Å². The minimum Gasteiger partial charge on any atom is -0.358 e. The molecule has 1 atom stereocenters. The molecule has 0 aromatic rings. The molecule has 0 amide bonds. The van der Waals surface area contributed by atoms with E-state index >= 15 is 0 Å². The van der Waals surface area contributed by atoms with Gasteiger partial charge in [0.1, 0.15) is 0 Å². The number of hydrogen-bond donors (Lipinski definition) is 1. The average molecular weight is 150 g/mol. The molecule has 1 N–H and O–H groups in total. The van der Waals surface area contributed by atoms with Crippen LogP contribution in [0, 0.1) is 0 Å².